The summed E-state index contributed by atoms with van der Waals surface area (Å²) >= 11 is 0. The summed E-state index contributed by atoms with van der Waals surface area (Å²) in [5.74, 6) is 3.38. The van der Waals surface area contributed by atoms with E-state index in [-0.39, 0.29) is 24.5 Å². The summed E-state index contributed by atoms with van der Waals surface area (Å²) in [5.41, 5.74) is 1.96. The monoisotopic (exact) mass is 495 g/mol. The molecule has 0 unspecified atom stereocenters. The van der Waals surface area contributed by atoms with Gasteiger partial charge in [-0.3, -0.25) is 4.79 Å². The quantitative estimate of drug-likeness (QED) is 0.323. The first-order chi connectivity index (χ1) is 17.1. The van der Waals surface area contributed by atoms with E-state index in [0.29, 0.717) is 47.8 Å². The van der Waals surface area contributed by atoms with Gasteiger partial charge in [0.1, 0.15) is 12.6 Å². The fourth-order valence-electron chi connectivity index (χ4n) is 6.95. The molecule has 0 aliphatic heterocycles. The molecule has 0 spiro atoms. The van der Waals surface area contributed by atoms with Gasteiger partial charge in [-0.2, -0.15) is 0 Å². The molecule has 5 heteroatoms. The number of ketones is 1. The van der Waals surface area contributed by atoms with Gasteiger partial charge in [0.05, 0.1) is 0 Å². The zero-order chi connectivity index (χ0) is 26.0. The van der Waals surface area contributed by atoms with Gasteiger partial charge in [0, 0.05) is 5.92 Å². The molecule has 5 nitrogen and oxygen atoms in total. The second kappa shape index (κ2) is 11.5. The normalized spacial score (nSPS) is 29.1. The largest absolute Gasteiger partial charge is 0.459 e. The van der Waals surface area contributed by atoms with Crippen molar-refractivity contribution in [1.29, 1.82) is 0 Å². The molecule has 0 amide bonds. The van der Waals surface area contributed by atoms with Gasteiger partial charge in [0.2, 0.25) is 6.33 Å². The maximum absolute atomic E-state index is 13.6. The van der Waals surface area contributed by atoms with E-state index in [4.69, 9.17) is 4.74 Å². The van der Waals surface area contributed by atoms with Crippen molar-refractivity contribution in [3.05, 3.63) is 30.6 Å². The summed E-state index contributed by atoms with van der Waals surface area (Å²) < 4.78 is 10.1. The van der Waals surface area contributed by atoms with Crippen LogP contribution in [0.3, 0.4) is 0 Å². The molecule has 0 saturated heterocycles. The lowest BCUT2D eigenvalue weighted by Crippen LogP contribution is -2.43. The number of ether oxygens (including phenoxy) is 1. The molecule has 0 radical (unpaired) electrons. The van der Waals surface area contributed by atoms with Crippen LogP contribution in [0.15, 0.2) is 30.6 Å². The smallest absolute Gasteiger partial charge is 0.348 e. The minimum Gasteiger partial charge on any atom is -0.459 e. The summed E-state index contributed by atoms with van der Waals surface area (Å²) in [7, 11) is 0. The summed E-state index contributed by atoms with van der Waals surface area (Å²) in [6.07, 6.45) is 8.59. The predicted molar refractivity (Wildman–Crippen MR) is 143 cm³/mol. The number of nitrogens with zero attached hydrogens (tertiary/aromatic N) is 2. The van der Waals surface area contributed by atoms with Gasteiger partial charge < -0.3 is 4.74 Å². The molecule has 1 heterocycles. The van der Waals surface area contributed by atoms with Crippen LogP contribution in [-0.4, -0.2) is 22.4 Å². The first-order valence-corrected chi connectivity index (χ1v) is 14.3. The van der Waals surface area contributed by atoms with Gasteiger partial charge in [-0.25, -0.2) is 13.9 Å². The summed E-state index contributed by atoms with van der Waals surface area (Å²) in [5, 5.41) is 0. The van der Waals surface area contributed by atoms with Crippen LogP contribution >= 0.6 is 0 Å². The Balaban J connectivity index is 1.50. The number of para-hydroxylation sites is 2. The van der Waals surface area contributed by atoms with Crippen LogP contribution in [0.25, 0.3) is 11.0 Å². The van der Waals surface area contributed by atoms with Gasteiger partial charge in [-0.15, -0.1) is 0 Å². The average molecular weight is 496 g/mol. The standard InChI is InChI=1S/C31H47N2O3/c1-20(2)24-13-11-22(5)15-26(24)29(34)17-32-19-33(28-10-8-7-9-27(28)32)18-31(35)36-30-16-23(6)12-14-25(30)21(3)4/h7-10,19-26,30H,11-18H2,1-6H3/q+1/t22-,23+,24+,25+,26+,30-/m0/s1. The van der Waals surface area contributed by atoms with Crippen LogP contribution in [0.5, 0.6) is 0 Å². The van der Waals surface area contributed by atoms with Crippen LogP contribution in [-0.2, 0) is 27.4 Å². The predicted octanol–water partition coefficient (Wildman–Crippen LogP) is 6.21. The Morgan fingerprint density at radius 2 is 1.58 bits per heavy atom. The van der Waals surface area contributed by atoms with E-state index >= 15 is 0 Å². The number of fused-ring (bicyclic) bond motifs is 1. The maximum atomic E-state index is 13.6. The Labute approximate surface area is 217 Å². The van der Waals surface area contributed by atoms with Crippen LogP contribution in [0.4, 0.5) is 0 Å². The van der Waals surface area contributed by atoms with Crippen molar-refractivity contribution in [3.8, 4) is 0 Å². The Bertz CT molecular complexity index is 1060. The molecule has 0 bridgehead atoms. The number of imidazole rings is 1. The van der Waals surface area contributed by atoms with Crippen LogP contribution < -0.4 is 4.57 Å². The third kappa shape index (κ3) is 6.03. The van der Waals surface area contributed by atoms with E-state index in [2.05, 4.69) is 41.5 Å². The molecule has 2 fully saturated rings. The van der Waals surface area contributed by atoms with Crippen molar-refractivity contribution in [2.45, 2.75) is 99.3 Å². The average Bonchev–Trinajstić information content (AvgIpc) is 3.15. The van der Waals surface area contributed by atoms with Crippen molar-refractivity contribution >= 4 is 22.8 Å². The Morgan fingerprint density at radius 1 is 0.944 bits per heavy atom. The Hall–Kier alpha value is -2.17. The lowest BCUT2D eigenvalue weighted by Gasteiger charge is -2.36. The fraction of sp³-hybridized carbons (Fsp3) is 0.710. The van der Waals surface area contributed by atoms with E-state index < -0.39 is 0 Å². The van der Waals surface area contributed by atoms with Crippen LogP contribution in [0.1, 0.15) is 80.1 Å². The topological polar surface area (TPSA) is 52.2 Å². The lowest BCUT2D eigenvalue weighted by molar-refractivity contribution is -0.659. The molecule has 198 valence electrons. The molecule has 6 atom stereocenters. The minimum atomic E-state index is -0.181. The highest BCUT2D eigenvalue weighted by molar-refractivity contribution is 5.81. The lowest BCUT2D eigenvalue weighted by atomic mass is 9.68. The molecular weight excluding hydrogens is 448 g/mol. The highest BCUT2D eigenvalue weighted by atomic mass is 16.5. The molecule has 2 saturated carbocycles. The van der Waals surface area contributed by atoms with Crippen molar-refractivity contribution < 1.29 is 18.9 Å². The molecule has 1 aromatic carbocycles. The molecule has 2 aliphatic carbocycles. The van der Waals surface area contributed by atoms with E-state index in [1.165, 1.54) is 12.8 Å². The molecule has 1 aromatic heterocycles. The highest BCUT2D eigenvalue weighted by Crippen LogP contribution is 2.39. The second-order valence-electron chi connectivity index (χ2n) is 12.6. The van der Waals surface area contributed by atoms with Gasteiger partial charge in [-0.05, 0) is 73.3 Å². The first kappa shape index (κ1) is 26.9. The van der Waals surface area contributed by atoms with E-state index in [9.17, 15) is 9.59 Å². The van der Waals surface area contributed by atoms with Crippen molar-refractivity contribution in [2.75, 3.05) is 0 Å². The second-order valence-corrected chi connectivity index (χ2v) is 12.6. The van der Waals surface area contributed by atoms with Crippen LogP contribution in [0, 0.1) is 41.4 Å². The molecule has 2 aliphatic rings. The van der Waals surface area contributed by atoms with E-state index in [0.717, 1.165) is 36.7 Å². The number of hydrogen-bond acceptors (Lipinski definition) is 3. The van der Waals surface area contributed by atoms with E-state index in [1.54, 1.807) is 0 Å². The first-order valence-electron chi connectivity index (χ1n) is 14.3. The third-order valence-electron chi connectivity index (χ3n) is 9.08. The number of carbonyl (C=O) groups is 2. The minimum absolute atomic E-state index is 0.00182. The molecule has 4 rings (SSSR count). The summed E-state index contributed by atoms with van der Waals surface area (Å²) in [4.78, 5) is 26.7. The highest BCUT2D eigenvalue weighted by Gasteiger charge is 2.37. The molecule has 0 N–H and O–H groups in total. The van der Waals surface area contributed by atoms with Gasteiger partial charge in [-0.1, -0.05) is 66.5 Å². The Kier molecular flexibility index (Phi) is 8.57. The van der Waals surface area contributed by atoms with Crippen molar-refractivity contribution in [1.82, 2.24) is 4.57 Å². The van der Waals surface area contributed by atoms with Crippen molar-refractivity contribution in [2.24, 2.45) is 41.4 Å². The number of aromatic nitrogens is 2. The Morgan fingerprint density at radius 3 is 2.28 bits per heavy atom. The van der Waals surface area contributed by atoms with Crippen molar-refractivity contribution in [3.63, 3.8) is 0 Å². The zero-order valence-electron chi connectivity index (χ0n) is 23.3. The SMILES string of the molecule is CC(C)[C@H]1CC[C@@H](C)C[C@@H]1OC(=O)Cn1c[n+](CC(=O)[C@@H]2C[C@@H](C)CC[C@@H]2C(C)C)c2ccccc21. The summed E-state index contributed by atoms with van der Waals surface area (Å²) in [6, 6.07) is 8.07. The number of carbonyl (C=O) groups excluding carboxylic acids is 2. The van der Waals surface area contributed by atoms with Gasteiger partial charge in [0.25, 0.3) is 0 Å². The summed E-state index contributed by atoms with van der Waals surface area (Å²) in [6.45, 7) is 14.0. The number of esters is 1. The van der Waals surface area contributed by atoms with Gasteiger partial charge in [0.15, 0.2) is 23.4 Å². The van der Waals surface area contributed by atoms with Crippen LogP contribution in [0.2, 0.25) is 0 Å². The van der Waals surface area contributed by atoms with E-state index in [1.807, 2.05) is 39.7 Å². The third-order valence-corrected chi connectivity index (χ3v) is 9.08. The number of hydrogen-bond donors (Lipinski definition) is 0. The maximum Gasteiger partial charge on any atom is 0.348 e. The molecule has 2 aromatic rings. The number of Topliss-reactive ketones (excluding diaryl/α,β-unsaturated/α-hetero) is 1. The molecule has 36 heavy (non-hydrogen) atoms. The van der Waals surface area contributed by atoms with Gasteiger partial charge >= 0.3 is 5.97 Å². The molecular formula is C31H47N2O3+. The zero-order valence-corrected chi connectivity index (χ0v) is 23.3. The number of rotatable bonds is 8. The fourth-order valence-corrected chi connectivity index (χ4v) is 6.95. The number of benzene rings is 1.